The first-order valence-corrected chi connectivity index (χ1v) is 8.37. The third kappa shape index (κ3) is 3.40. The van der Waals surface area contributed by atoms with Gasteiger partial charge in [0.1, 0.15) is 6.61 Å². The van der Waals surface area contributed by atoms with Gasteiger partial charge in [0.15, 0.2) is 0 Å². The largest absolute Gasteiger partial charge is 0.472 e. The van der Waals surface area contributed by atoms with E-state index in [1.807, 2.05) is 41.1 Å². The van der Waals surface area contributed by atoms with Crippen molar-refractivity contribution in [1.82, 2.24) is 19.7 Å². The number of pyridine rings is 1. The Bertz CT molecular complexity index is 858. The van der Waals surface area contributed by atoms with Crippen LogP contribution in [-0.2, 0) is 19.7 Å². The van der Waals surface area contributed by atoms with Gasteiger partial charge in [-0.1, -0.05) is 36.9 Å². The summed E-state index contributed by atoms with van der Waals surface area (Å²) in [6, 6.07) is 16.1. The van der Waals surface area contributed by atoms with E-state index in [1.54, 1.807) is 12.4 Å². The van der Waals surface area contributed by atoms with E-state index in [2.05, 4.69) is 33.7 Å². The van der Waals surface area contributed by atoms with Crippen LogP contribution in [0.2, 0.25) is 0 Å². The molecule has 0 saturated heterocycles. The van der Waals surface area contributed by atoms with Crippen molar-refractivity contribution in [2.75, 3.05) is 6.54 Å². The van der Waals surface area contributed by atoms with Crippen LogP contribution in [0.5, 0.6) is 5.88 Å². The minimum atomic E-state index is 0.532. The summed E-state index contributed by atoms with van der Waals surface area (Å²) in [4.78, 5) is 6.34. The maximum atomic E-state index is 5.84. The first kappa shape index (κ1) is 15.4. The molecule has 0 fully saturated rings. The lowest BCUT2D eigenvalue weighted by atomic mass is 10.1. The highest BCUT2D eigenvalue weighted by Crippen LogP contribution is 2.25. The molecule has 126 valence electrons. The van der Waals surface area contributed by atoms with Crippen LogP contribution in [0.15, 0.2) is 67.5 Å². The van der Waals surface area contributed by atoms with E-state index < -0.39 is 0 Å². The third-order valence-electron chi connectivity index (χ3n) is 4.40. The number of aromatic nitrogens is 3. The fourth-order valence-corrected chi connectivity index (χ4v) is 3.00. The molecule has 1 aliphatic rings. The van der Waals surface area contributed by atoms with Gasteiger partial charge in [0.2, 0.25) is 5.88 Å². The number of nitrogens with zero attached hydrogens (tertiary/aromatic N) is 4. The van der Waals surface area contributed by atoms with Crippen LogP contribution in [-0.4, -0.2) is 26.2 Å². The molecule has 0 atom stereocenters. The number of rotatable bonds is 5. The van der Waals surface area contributed by atoms with Gasteiger partial charge in [-0.2, -0.15) is 0 Å². The average Bonchev–Trinajstić information content (AvgIpc) is 3.09. The Kier molecular flexibility index (Phi) is 4.21. The summed E-state index contributed by atoms with van der Waals surface area (Å²) in [5.74, 6) is 0.676. The predicted octanol–water partition coefficient (Wildman–Crippen LogP) is 3.34. The number of benzene rings is 1. The van der Waals surface area contributed by atoms with Gasteiger partial charge >= 0.3 is 0 Å². The third-order valence-corrected chi connectivity index (χ3v) is 4.40. The lowest BCUT2D eigenvalue weighted by molar-refractivity contribution is 0.279. The molecule has 0 amide bonds. The van der Waals surface area contributed by atoms with E-state index in [0.717, 1.165) is 42.2 Å². The standard InChI is InChI=1S/C20H20N4O/c1-16(18-7-9-21-10-8-18)23-11-12-24-19(14-23)13-20(22-24)25-15-17-5-3-2-4-6-17/h2-10,13H,1,11-12,14-15H2. The number of hydrogen-bond acceptors (Lipinski definition) is 4. The molecule has 0 unspecified atom stereocenters. The number of ether oxygens (including phenoxy) is 1. The molecule has 3 heterocycles. The molecule has 0 radical (unpaired) electrons. The molecular formula is C20H20N4O. The molecule has 0 N–H and O–H groups in total. The summed E-state index contributed by atoms with van der Waals surface area (Å²) in [6.45, 7) is 7.27. The maximum absolute atomic E-state index is 5.84. The van der Waals surface area contributed by atoms with Gasteiger partial charge in [-0.3, -0.25) is 9.67 Å². The van der Waals surface area contributed by atoms with Crippen molar-refractivity contribution in [2.45, 2.75) is 19.7 Å². The van der Waals surface area contributed by atoms with Crippen molar-refractivity contribution >= 4 is 5.70 Å². The lowest BCUT2D eigenvalue weighted by Gasteiger charge is -2.31. The zero-order chi connectivity index (χ0) is 17.1. The number of hydrogen-bond donors (Lipinski definition) is 0. The van der Waals surface area contributed by atoms with Crippen LogP contribution in [0.4, 0.5) is 0 Å². The molecule has 4 rings (SSSR count). The molecule has 3 aromatic rings. The van der Waals surface area contributed by atoms with Crippen LogP contribution in [0.1, 0.15) is 16.8 Å². The highest BCUT2D eigenvalue weighted by atomic mass is 16.5. The van der Waals surface area contributed by atoms with Gasteiger partial charge < -0.3 is 9.64 Å². The monoisotopic (exact) mass is 332 g/mol. The van der Waals surface area contributed by atoms with Gasteiger partial charge in [0.25, 0.3) is 0 Å². The summed E-state index contributed by atoms with van der Waals surface area (Å²) < 4.78 is 7.87. The van der Waals surface area contributed by atoms with Gasteiger partial charge in [-0.15, -0.1) is 5.10 Å². The summed E-state index contributed by atoms with van der Waals surface area (Å²) in [5.41, 5.74) is 4.40. The van der Waals surface area contributed by atoms with E-state index in [9.17, 15) is 0 Å². The first-order chi connectivity index (χ1) is 12.3. The SMILES string of the molecule is C=C(c1ccncc1)N1CCn2nc(OCc3ccccc3)cc2C1. The Morgan fingerprint density at radius 1 is 1.08 bits per heavy atom. The normalized spacial score (nSPS) is 13.4. The summed E-state index contributed by atoms with van der Waals surface area (Å²) in [5, 5.41) is 4.56. The Balaban J connectivity index is 1.43. The van der Waals surface area contributed by atoms with E-state index >= 15 is 0 Å². The fraction of sp³-hybridized carbons (Fsp3) is 0.200. The van der Waals surface area contributed by atoms with Crippen molar-refractivity contribution in [2.24, 2.45) is 0 Å². The van der Waals surface area contributed by atoms with Crippen molar-refractivity contribution in [3.8, 4) is 5.88 Å². The smallest absolute Gasteiger partial charge is 0.233 e. The van der Waals surface area contributed by atoms with Crippen LogP contribution < -0.4 is 4.74 Å². The Labute approximate surface area is 147 Å². The molecule has 1 aliphatic heterocycles. The summed E-state index contributed by atoms with van der Waals surface area (Å²) in [6.07, 6.45) is 3.59. The fourth-order valence-electron chi connectivity index (χ4n) is 3.00. The molecule has 5 nitrogen and oxygen atoms in total. The number of fused-ring (bicyclic) bond motifs is 1. The molecule has 5 heteroatoms. The molecule has 1 aromatic carbocycles. The average molecular weight is 332 g/mol. The van der Waals surface area contributed by atoms with Crippen molar-refractivity contribution < 1.29 is 4.74 Å². The van der Waals surface area contributed by atoms with Crippen LogP contribution in [0.25, 0.3) is 5.70 Å². The molecular weight excluding hydrogens is 312 g/mol. The highest BCUT2D eigenvalue weighted by Gasteiger charge is 2.20. The minimum absolute atomic E-state index is 0.532. The van der Waals surface area contributed by atoms with Crippen molar-refractivity contribution in [3.05, 3.63) is 84.3 Å². The van der Waals surface area contributed by atoms with E-state index in [-0.39, 0.29) is 0 Å². The summed E-state index contributed by atoms with van der Waals surface area (Å²) >= 11 is 0. The second kappa shape index (κ2) is 6.81. The highest BCUT2D eigenvalue weighted by molar-refractivity contribution is 5.61. The topological polar surface area (TPSA) is 43.2 Å². The molecule has 25 heavy (non-hydrogen) atoms. The van der Waals surface area contributed by atoms with Gasteiger partial charge in [0.05, 0.1) is 18.8 Å². The molecule has 0 saturated carbocycles. The van der Waals surface area contributed by atoms with Gasteiger partial charge in [-0.05, 0) is 17.7 Å². The molecule has 0 spiro atoms. The predicted molar refractivity (Wildman–Crippen MR) is 96.7 cm³/mol. The Hall–Kier alpha value is -3.08. The zero-order valence-electron chi connectivity index (χ0n) is 14.0. The van der Waals surface area contributed by atoms with Crippen molar-refractivity contribution in [3.63, 3.8) is 0 Å². The zero-order valence-corrected chi connectivity index (χ0v) is 14.0. The summed E-state index contributed by atoms with van der Waals surface area (Å²) in [7, 11) is 0. The maximum Gasteiger partial charge on any atom is 0.233 e. The van der Waals surface area contributed by atoms with Crippen LogP contribution in [0, 0.1) is 0 Å². The van der Waals surface area contributed by atoms with Gasteiger partial charge in [-0.25, -0.2) is 0 Å². The molecule has 2 aromatic heterocycles. The van der Waals surface area contributed by atoms with E-state index in [0.29, 0.717) is 12.5 Å². The van der Waals surface area contributed by atoms with Crippen LogP contribution >= 0.6 is 0 Å². The minimum Gasteiger partial charge on any atom is -0.472 e. The second-order valence-electron chi connectivity index (χ2n) is 6.08. The van der Waals surface area contributed by atoms with E-state index in [1.165, 1.54) is 0 Å². The Morgan fingerprint density at radius 2 is 1.88 bits per heavy atom. The van der Waals surface area contributed by atoms with Crippen molar-refractivity contribution in [1.29, 1.82) is 0 Å². The lowest BCUT2D eigenvalue weighted by Crippen LogP contribution is -2.32. The second-order valence-corrected chi connectivity index (χ2v) is 6.08. The molecule has 0 bridgehead atoms. The van der Waals surface area contributed by atoms with E-state index in [4.69, 9.17) is 4.74 Å². The first-order valence-electron chi connectivity index (χ1n) is 8.37. The quantitative estimate of drug-likeness (QED) is 0.719. The molecule has 0 aliphatic carbocycles. The van der Waals surface area contributed by atoms with Gasteiger partial charge in [0, 0.05) is 36.3 Å². The Morgan fingerprint density at radius 3 is 2.68 bits per heavy atom. The van der Waals surface area contributed by atoms with Crippen LogP contribution in [0.3, 0.4) is 0 Å².